The van der Waals surface area contributed by atoms with Gasteiger partial charge in [0.25, 0.3) is 0 Å². The van der Waals surface area contributed by atoms with Crippen LogP contribution >= 0.6 is 0 Å². The van der Waals surface area contributed by atoms with Gasteiger partial charge in [-0.25, -0.2) is 0 Å². The summed E-state index contributed by atoms with van der Waals surface area (Å²) in [6.45, 7) is 3.73. The molecule has 0 aliphatic carbocycles. The minimum absolute atomic E-state index is 0.132. The normalized spacial score (nSPS) is 14.5. The molecule has 0 aromatic heterocycles. The molecule has 0 spiro atoms. The van der Waals surface area contributed by atoms with Gasteiger partial charge in [0.2, 0.25) is 0 Å². The van der Waals surface area contributed by atoms with Gasteiger partial charge in [-0.05, 0) is 49.7 Å². The van der Waals surface area contributed by atoms with Crippen molar-refractivity contribution >= 4 is 11.5 Å². The van der Waals surface area contributed by atoms with Gasteiger partial charge in [-0.2, -0.15) is 0 Å². The minimum Gasteiger partial charge on any atom is -0.384 e. The molecule has 3 nitrogen and oxygen atoms in total. The lowest BCUT2D eigenvalue weighted by molar-refractivity contribution is 0.0862. The van der Waals surface area contributed by atoms with Crippen molar-refractivity contribution < 1.29 is 4.79 Å². The first-order chi connectivity index (χ1) is 10.6. The number of carbonyl (C=O) groups is 1. The molecule has 2 aromatic rings. The van der Waals surface area contributed by atoms with Crippen LogP contribution in [-0.4, -0.2) is 30.3 Å². The minimum atomic E-state index is -0.132. The quantitative estimate of drug-likeness (QED) is 0.858. The van der Waals surface area contributed by atoms with E-state index < -0.39 is 0 Å². The van der Waals surface area contributed by atoms with Gasteiger partial charge >= 0.3 is 0 Å². The Balaban J connectivity index is 1.71. The largest absolute Gasteiger partial charge is 0.384 e. The van der Waals surface area contributed by atoms with Crippen LogP contribution in [0.15, 0.2) is 48.5 Å². The Labute approximate surface area is 132 Å². The Morgan fingerprint density at radius 1 is 1.23 bits per heavy atom. The van der Waals surface area contributed by atoms with E-state index in [0.29, 0.717) is 0 Å². The van der Waals surface area contributed by atoms with Gasteiger partial charge in [0, 0.05) is 24.3 Å². The number of hydrogen-bond donors (Lipinski definition) is 1. The molecule has 3 heteroatoms. The average Bonchev–Trinajstić information content (AvgIpc) is 3.02. The lowest BCUT2D eigenvalue weighted by Crippen LogP contribution is -2.35. The summed E-state index contributed by atoms with van der Waals surface area (Å²) in [5.41, 5.74) is 4.46. The van der Waals surface area contributed by atoms with E-state index in [2.05, 4.69) is 22.3 Å². The fourth-order valence-corrected chi connectivity index (χ4v) is 2.91. The number of hydrogen-bond acceptors (Lipinski definition) is 3. The van der Waals surface area contributed by atoms with Gasteiger partial charge in [0.15, 0.2) is 5.78 Å². The standard InChI is InChI=1S/C19H22N2O/c1-14(21(2)13-15-6-4-3-5-7-15)19(22)17-8-9-18-16(12-17)10-11-20-18/h3-9,12,14,20H,10-11,13H2,1-2H3. The summed E-state index contributed by atoms with van der Waals surface area (Å²) >= 11 is 0. The van der Waals surface area contributed by atoms with Gasteiger partial charge in [-0.15, -0.1) is 0 Å². The monoisotopic (exact) mass is 294 g/mol. The Morgan fingerprint density at radius 2 is 2.00 bits per heavy atom. The fourth-order valence-electron chi connectivity index (χ4n) is 2.91. The zero-order valence-corrected chi connectivity index (χ0v) is 13.2. The Kier molecular flexibility index (Phi) is 4.25. The topological polar surface area (TPSA) is 32.3 Å². The van der Waals surface area contributed by atoms with Gasteiger partial charge in [-0.3, -0.25) is 9.69 Å². The summed E-state index contributed by atoms with van der Waals surface area (Å²) in [4.78, 5) is 14.8. The third-order valence-electron chi connectivity index (χ3n) is 4.41. The molecule has 1 unspecified atom stereocenters. The van der Waals surface area contributed by atoms with E-state index in [1.54, 1.807) is 0 Å². The maximum Gasteiger partial charge on any atom is 0.179 e. The van der Waals surface area contributed by atoms with Crippen LogP contribution in [0.1, 0.15) is 28.4 Å². The van der Waals surface area contributed by atoms with Crippen molar-refractivity contribution in [2.45, 2.75) is 25.9 Å². The average molecular weight is 294 g/mol. The lowest BCUT2D eigenvalue weighted by Gasteiger charge is -2.24. The molecular weight excluding hydrogens is 272 g/mol. The number of carbonyl (C=O) groups excluding carboxylic acids is 1. The third kappa shape index (κ3) is 3.04. The van der Waals surface area contributed by atoms with Crippen LogP contribution < -0.4 is 5.32 Å². The number of Topliss-reactive ketones (excluding diaryl/α,β-unsaturated/α-hetero) is 1. The second kappa shape index (κ2) is 6.32. The van der Waals surface area contributed by atoms with E-state index >= 15 is 0 Å². The second-order valence-electron chi connectivity index (χ2n) is 5.99. The van der Waals surface area contributed by atoms with E-state index in [-0.39, 0.29) is 11.8 Å². The molecule has 1 heterocycles. The van der Waals surface area contributed by atoms with Crippen LogP contribution in [0.25, 0.3) is 0 Å². The van der Waals surface area contributed by atoms with Gasteiger partial charge in [0.1, 0.15) is 0 Å². The number of benzene rings is 2. The maximum atomic E-state index is 12.7. The summed E-state index contributed by atoms with van der Waals surface area (Å²) in [6.07, 6.45) is 1.00. The molecule has 1 aliphatic rings. The first-order valence-corrected chi connectivity index (χ1v) is 7.80. The summed E-state index contributed by atoms with van der Waals surface area (Å²) in [6, 6.07) is 16.1. The summed E-state index contributed by atoms with van der Waals surface area (Å²) in [7, 11) is 2.00. The molecule has 1 N–H and O–H groups in total. The SMILES string of the molecule is CC(C(=O)c1ccc2c(c1)CCN2)N(C)Cc1ccccc1. The van der Waals surface area contributed by atoms with Crippen LogP contribution in [0.4, 0.5) is 5.69 Å². The molecule has 0 amide bonds. The Morgan fingerprint density at radius 3 is 2.77 bits per heavy atom. The first-order valence-electron chi connectivity index (χ1n) is 7.80. The Bertz CT molecular complexity index is 666. The number of anilines is 1. The van der Waals surface area contributed by atoms with Crippen molar-refractivity contribution in [1.29, 1.82) is 0 Å². The highest BCUT2D eigenvalue weighted by molar-refractivity contribution is 6.00. The highest BCUT2D eigenvalue weighted by atomic mass is 16.1. The van der Waals surface area contributed by atoms with Crippen LogP contribution in [0.5, 0.6) is 0 Å². The van der Waals surface area contributed by atoms with E-state index in [0.717, 1.165) is 25.1 Å². The molecule has 0 radical (unpaired) electrons. The number of nitrogens with one attached hydrogen (secondary N) is 1. The number of nitrogens with zero attached hydrogens (tertiary/aromatic N) is 1. The molecule has 0 saturated carbocycles. The Hall–Kier alpha value is -2.13. The molecule has 0 saturated heterocycles. The van der Waals surface area contributed by atoms with E-state index in [4.69, 9.17) is 0 Å². The fraction of sp³-hybridized carbons (Fsp3) is 0.316. The number of rotatable bonds is 5. The predicted octanol–water partition coefficient (Wildman–Crippen LogP) is 3.36. The summed E-state index contributed by atoms with van der Waals surface area (Å²) in [5.74, 6) is 0.188. The van der Waals surface area contributed by atoms with Crippen molar-refractivity contribution in [3.05, 3.63) is 65.2 Å². The molecule has 2 aromatic carbocycles. The van der Waals surface area contributed by atoms with Gasteiger partial charge < -0.3 is 5.32 Å². The predicted molar refractivity (Wildman–Crippen MR) is 90.3 cm³/mol. The second-order valence-corrected chi connectivity index (χ2v) is 5.99. The maximum absolute atomic E-state index is 12.7. The lowest BCUT2D eigenvalue weighted by atomic mass is 10.0. The van der Waals surface area contributed by atoms with Crippen LogP contribution in [-0.2, 0) is 13.0 Å². The molecule has 1 aliphatic heterocycles. The van der Waals surface area contributed by atoms with E-state index in [9.17, 15) is 4.79 Å². The van der Waals surface area contributed by atoms with Crippen molar-refractivity contribution in [3.8, 4) is 0 Å². The molecule has 3 rings (SSSR count). The van der Waals surface area contributed by atoms with E-state index in [1.807, 2.05) is 50.4 Å². The van der Waals surface area contributed by atoms with Crippen LogP contribution in [0.2, 0.25) is 0 Å². The number of fused-ring (bicyclic) bond motifs is 1. The smallest absolute Gasteiger partial charge is 0.179 e. The molecular formula is C19H22N2O. The zero-order chi connectivity index (χ0) is 15.5. The molecule has 22 heavy (non-hydrogen) atoms. The van der Waals surface area contributed by atoms with E-state index in [1.165, 1.54) is 16.8 Å². The van der Waals surface area contributed by atoms with Crippen molar-refractivity contribution in [1.82, 2.24) is 4.90 Å². The van der Waals surface area contributed by atoms with Gasteiger partial charge in [-0.1, -0.05) is 30.3 Å². The van der Waals surface area contributed by atoms with Crippen LogP contribution in [0.3, 0.4) is 0 Å². The summed E-state index contributed by atoms with van der Waals surface area (Å²) < 4.78 is 0. The van der Waals surface area contributed by atoms with Gasteiger partial charge in [0.05, 0.1) is 6.04 Å². The highest BCUT2D eigenvalue weighted by Crippen LogP contribution is 2.24. The van der Waals surface area contributed by atoms with Crippen molar-refractivity contribution in [3.63, 3.8) is 0 Å². The molecule has 0 fully saturated rings. The number of ketones is 1. The zero-order valence-electron chi connectivity index (χ0n) is 13.2. The highest BCUT2D eigenvalue weighted by Gasteiger charge is 2.21. The summed E-state index contributed by atoms with van der Waals surface area (Å²) in [5, 5.41) is 3.33. The third-order valence-corrected chi connectivity index (χ3v) is 4.41. The molecule has 1 atom stereocenters. The first kappa shape index (κ1) is 14.8. The number of likely N-dealkylation sites (N-methyl/N-ethyl adjacent to an activating group) is 1. The van der Waals surface area contributed by atoms with Crippen molar-refractivity contribution in [2.24, 2.45) is 0 Å². The van der Waals surface area contributed by atoms with Crippen LogP contribution in [0, 0.1) is 0 Å². The molecule has 114 valence electrons. The molecule has 0 bridgehead atoms. The van der Waals surface area contributed by atoms with Crippen molar-refractivity contribution in [2.75, 3.05) is 18.9 Å².